The van der Waals surface area contributed by atoms with E-state index in [9.17, 15) is 10.2 Å². The number of nitrogens with one attached hydrogen (secondary N) is 2. The first kappa shape index (κ1) is 13.1. The molecule has 0 aromatic heterocycles. The van der Waals surface area contributed by atoms with Crippen LogP contribution in [0.5, 0.6) is 0 Å². The Morgan fingerprint density at radius 2 is 1.56 bits per heavy atom. The van der Waals surface area contributed by atoms with E-state index in [1.807, 2.05) is 6.92 Å². The van der Waals surface area contributed by atoms with E-state index in [0.717, 1.165) is 11.3 Å². The Bertz CT molecular complexity index is 336. The molecule has 4 nitrogen and oxygen atoms in total. The largest absolute Gasteiger partial charge is 0.374 e. The lowest BCUT2D eigenvalue weighted by atomic mass is 10.1. The van der Waals surface area contributed by atoms with Crippen LogP contribution in [0.2, 0.25) is 5.02 Å². The molecule has 1 rings (SSSR count). The molecular weight excluding hydrogens is 228 g/mol. The molecule has 0 aliphatic rings. The van der Waals surface area contributed by atoms with Crippen LogP contribution in [0.1, 0.15) is 19.4 Å². The quantitative estimate of drug-likeness (QED) is 0.613. The first-order valence-corrected chi connectivity index (χ1v) is 5.47. The molecule has 0 aliphatic carbocycles. The molecule has 2 unspecified atom stereocenters. The zero-order valence-corrected chi connectivity index (χ0v) is 10.3. The Hall–Kier alpha value is -0.970. The van der Waals surface area contributed by atoms with Gasteiger partial charge in [0.05, 0.1) is 10.7 Å². The van der Waals surface area contributed by atoms with Crippen molar-refractivity contribution < 1.29 is 10.2 Å². The molecule has 0 heterocycles. The van der Waals surface area contributed by atoms with E-state index < -0.39 is 12.5 Å². The molecule has 2 atom stereocenters. The maximum absolute atomic E-state index is 9.26. The lowest BCUT2D eigenvalue weighted by Gasteiger charge is -2.17. The summed E-state index contributed by atoms with van der Waals surface area (Å²) in [5, 5.41) is 24.7. The molecular formula is C11H17ClN2O2. The van der Waals surface area contributed by atoms with Crippen molar-refractivity contribution >= 4 is 23.0 Å². The van der Waals surface area contributed by atoms with Gasteiger partial charge in [-0.3, -0.25) is 0 Å². The minimum atomic E-state index is -0.681. The van der Waals surface area contributed by atoms with Crippen molar-refractivity contribution in [3.8, 4) is 0 Å². The van der Waals surface area contributed by atoms with Gasteiger partial charge >= 0.3 is 0 Å². The number of anilines is 2. The van der Waals surface area contributed by atoms with Gasteiger partial charge in [0.25, 0.3) is 0 Å². The van der Waals surface area contributed by atoms with Gasteiger partial charge in [0.2, 0.25) is 0 Å². The Labute approximate surface area is 100 Å². The van der Waals surface area contributed by atoms with Gasteiger partial charge in [0.1, 0.15) is 12.5 Å². The second-order valence-corrected chi connectivity index (χ2v) is 4.19. The van der Waals surface area contributed by atoms with Crippen LogP contribution in [0.4, 0.5) is 11.4 Å². The second kappa shape index (κ2) is 5.39. The summed E-state index contributed by atoms with van der Waals surface area (Å²) in [6.45, 7) is 5.14. The van der Waals surface area contributed by atoms with Gasteiger partial charge in [-0.15, -0.1) is 0 Å². The van der Waals surface area contributed by atoms with Gasteiger partial charge in [-0.05, 0) is 38.5 Å². The molecule has 0 saturated heterocycles. The summed E-state index contributed by atoms with van der Waals surface area (Å²) >= 11 is 6.02. The molecule has 16 heavy (non-hydrogen) atoms. The SMILES string of the molecule is Cc1cc(Cl)c(NC(C)O)cc1NC(C)O. The fraction of sp³-hybridized carbons (Fsp3) is 0.455. The van der Waals surface area contributed by atoms with E-state index in [1.54, 1.807) is 26.0 Å². The highest BCUT2D eigenvalue weighted by Crippen LogP contribution is 2.29. The molecule has 0 amide bonds. The van der Waals surface area contributed by atoms with Crippen molar-refractivity contribution in [3.05, 3.63) is 22.7 Å². The van der Waals surface area contributed by atoms with Crippen molar-refractivity contribution in [2.75, 3.05) is 10.6 Å². The number of benzene rings is 1. The van der Waals surface area contributed by atoms with Gasteiger partial charge in [-0.25, -0.2) is 0 Å². The van der Waals surface area contributed by atoms with Gasteiger partial charge in [0.15, 0.2) is 0 Å². The van der Waals surface area contributed by atoms with Crippen LogP contribution in [-0.4, -0.2) is 22.7 Å². The zero-order valence-electron chi connectivity index (χ0n) is 9.58. The molecule has 1 aromatic rings. The maximum atomic E-state index is 9.26. The van der Waals surface area contributed by atoms with Crippen LogP contribution < -0.4 is 10.6 Å². The minimum absolute atomic E-state index is 0.537. The molecule has 0 radical (unpaired) electrons. The van der Waals surface area contributed by atoms with Crippen molar-refractivity contribution in [3.63, 3.8) is 0 Å². The van der Waals surface area contributed by atoms with E-state index in [4.69, 9.17) is 11.6 Å². The average molecular weight is 245 g/mol. The maximum Gasteiger partial charge on any atom is 0.121 e. The number of aliphatic hydroxyl groups is 2. The van der Waals surface area contributed by atoms with Gasteiger partial charge in [-0.1, -0.05) is 11.6 Å². The van der Waals surface area contributed by atoms with Crippen LogP contribution in [0.3, 0.4) is 0 Å². The molecule has 0 fully saturated rings. The highest BCUT2D eigenvalue weighted by molar-refractivity contribution is 6.33. The first-order valence-electron chi connectivity index (χ1n) is 5.09. The normalized spacial score (nSPS) is 14.4. The van der Waals surface area contributed by atoms with Crippen LogP contribution in [0.15, 0.2) is 12.1 Å². The van der Waals surface area contributed by atoms with Crippen LogP contribution in [-0.2, 0) is 0 Å². The number of rotatable bonds is 4. The molecule has 1 aromatic carbocycles. The lowest BCUT2D eigenvalue weighted by Crippen LogP contribution is -2.16. The minimum Gasteiger partial charge on any atom is -0.374 e. The monoisotopic (exact) mass is 244 g/mol. The average Bonchev–Trinajstić information content (AvgIpc) is 2.11. The van der Waals surface area contributed by atoms with E-state index in [-0.39, 0.29) is 0 Å². The Kier molecular flexibility index (Phi) is 4.41. The predicted molar refractivity (Wildman–Crippen MR) is 66.8 cm³/mol. The summed E-state index contributed by atoms with van der Waals surface area (Å²) in [6.07, 6.45) is -1.32. The van der Waals surface area contributed by atoms with Crippen molar-refractivity contribution in [1.82, 2.24) is 0 Å². The van der Waals surface area contributed by atoms with Crippen LogP contribution >= 0.6 is 11.6 Å². The van der Waals surface area contributed by atoms with Crippen LogP contribution in [0.25, 0.3) is 0 Å². The van der Waals surface area contributed by atoms with Crippen LogP contribution in [0, 0.1) is 6.92 Å². The number of aliphatic hydroxyl groups excluding tert-OH is 2. The fourth-order valence-corrected chi connectivity index (χ4v) is 1.66. The molecule has 5 heteroatoms. The number of hydrogen-bond acceptors (Lipinski definition) is 4. The fourth-order valence-electron chi connectivity index (χ4n) is 1.39. The van der Waals surface area contributed by atoms with Crippen molar-refractivity contribution in [2.45, 2.75) is 33.2 Å². The summed E-state index contributed by atoms with van der Waals surface area (Å²) in [7, 11) is 0. The first-order chi connectivity index (χ1) is 7.40. The third-order valence-electron chi connectivity index (χ3n) is 2.04. The van der Waals surface area contributed by atoms with Gasteiger partial charge in [-0.2, -0.15) is 0 Å². The Balaban J connectivity index is 3.01. The predicted octanol–water partition coefficient (Wildman–Crippen LogP) is 2.15. The van der Waals surface area contributed by atoms with E-state index in [1.165, 1.54) is 0 Å². The number of halogens is 1. The van der Waals surface area contributed by atoms with E-state index in [2.05, 4.69) is 10.6 Å². The Morgan fingerprint density at radius 3 is 2.06 bits per heavy atom. The van der Waals surface area contributed by atoms with Gasteiger partial charge in [0, 0.05) is 5.69 Å². The van der Waals surface area contributed by atoms with Crippen molar-refractivity contribution in [2.24, 2.45) is 0 Å². The molecule has 0 spiro atoms. The molecule has 0 bridgehead atoms. The Morgan fingerprint density at radius 1 is 1.06 bits per heavy atom. The summed E-state index contributed by atoms with van der Waals surface area (Å²) in [5.74, 6) is 0. The molecule has 4 N–H and O–H groups in total. The third-order valence-corrected chi connectivity index (χ3v) is 2.36. The molecule has 0 saturated carbocycles. The second-order valence-electron chi connectivity index (χ2n) is 3.79. The number of hydrogen-bond donors (Lipinski definition) is 4. The lowest BCUT2D eigenvalue weighted by molar-refractivity contribution is 0.224. The standard InChI is InChI=1S/C11H17ClN2O2/c1-6-4-9(12)11(14-8(3)16)5-10(6)13-7(2)15/h4-5,7-8,13-16H,1-3H3. The smallest absolute Gasteiger partial charge is 0.121 e. The zero-order chi connectivity index (χ0) is 12.3. The highest BCUT2D eigenvalue weighted by Gasteiger charge is 2.08. The van der Waals surface area contributed by atoms with E-state index in [0.29, 0.717) is 10.7 Å². The summed E-state index contributed by atoms with van der Waals surface area (Å²) in [6, 6.07) is 3.54. The molecule has 90 valence electrons. The van der Waals surface area contributed by atoms with Crippen molar-refractivity contribution in [1.29, 1.82) is 0 Å². The third kappa shape index (κ3) is 3.56. The van der Waals surface area contributed by atoms with Gasteiger partial charge < -0.3 is 20.8 Å². The molecule has 0 aliphatic heterocycles. The summed E-state index contributed by atoms with van der Waals surface area (Å²) in [5.41, 5.74) is 2.34. The topological polar surface area (TPSA) is 64.5 Å². The number of aryl methyl sites for hydroxylation is 1. The highest BCUT2D eigenvalue weighted by atomic mass is 35.5. The summed E-state index contributed by atoms with van der Waals surface area (Å²) in [4.78, 5) is 0. The van der Waals surface area contributed by atoms with E-state index >= 15 is 0 Å². The summed E-state index contributed by atoms with van der Waals surface area (Å²) < 4.78 is 0.